The smallest absolute Gasteiger partial charge is 0.242 e. The lowest BCUT2D eigenvalue weighted by molar-refractivity contribution is -0.118. The van der Waals surface area contributed by atoms with Crippen molar-refractivity contribution >= 4 is 22.6 Å². The van der Waals surface area contributed by atoms with Crippen LogP contribution in [0.25, 0.3) is 10.9 Å². The van der Waals surface area contributed by atoms with Crippen molar-refractivity contribution in [3.63, 3.8) is 0 Å². The molecule has 0 aliphatic heterocycles. The highest BCUT2D eigenvalue weighted by Gasteiger charge is 2.45. The molecule has 3 N–H and O–H groups in total. The summed E-state index contributed by atoms with van der Waals surface area (Å²) in [6.45, 7) is 0. The monoisotopic (exact) mass is 428 g/mol. The predicted octanol–water partition coefficient (Wildman–Crippen LogP) is 4.24. The van der Waals surface area contributed by atoms with Crippen molar-refractivity contribution in [2.75, 3.05) is 5.32 Å². The number of amides is 1. The summed E-state index contributed by atoms with van der Waals surface area (Å²) in [5.74, 6) is 4.14. The largest absolute Gasteiger partial charge is 0.320 e. The number of carbonyl (C=O) groups excluding carboxylic acids is 1. The number of nitrogens with one attached hydrogen (secondary N) is 1. The lowest BCUT2D eigenvalue weighted by Crippen LogP contribution is -2.41. The summed E-state index contributed by atoms with van der Waals surface area (Å²) >= 11 is 0. The second-order valence-electron chi connectivity index (χ2n) is 9.07. The summed E-state index contributed by atoms with van der Waals surface area (Å²) in [4.78, 5) is 21.2. The molecule has 2 aromatic heterocycles. The molecule has 1 amide bonds. The van der Waals surface area contributed by atoms with E-state index in [4.69, 9.17) is 12.2 Å². The Bertz CT molecular complexity index is 1190. The zero-order chi connectivity index (χ0) is 22.2. The quantitative estimate of drug-likeness (QED) is 0.609. The van der Waals surface area contributed by atoms with Crippen molar-refractivity contribution in [3.05, 3.63) is 65.7 Å². The van der Waals surface area contributed by atoms with Gasteiger partial charge in [-0.3, -0.25) is 9.78 Å². The first kappa shape index (κ1) is 20.6. The summed E-state index contributed by atoms with van der Waals surface area (Å²) in [6, 6.07) is 9.69. The topological polar surface area (TPSA) is 80.9 Å². The van der Waals surface area contributed by atoms with Crippen LogP contribution in [0.15, 0.2) is 48.8 Å². The van der Waals surface area contributed by atoms with Crippen molar-refractivity contribution in [2.24, 2.45) is 23.5 Å². The third-order valence-corrected chi connectivity index (χ3v) is 7.22. The molecular formula is C26H25FN4O. The minimum atomic E-state index is -0.566. The van der Waals surface area contributed by atoms with Gasteiger partial charge in [-0.15, -0.1) is 6.42 Å². The van der Waals surface area contributed by atoms with Gasteiger partial charge in [-0.05, 0) is 91.3 Å². The zero-order valence-electron chi connectivity index (χ0n) is 17.7. The van der Waals surface area contributed by atoms with Gasteiger partial charge in [-0.1, -0.05) is 5.92 Å². The van der Waals surface area contributed by atoms with Gasteiger partial charge in [-0.25, -0.2) is 9.37 Å². The van der Waals surface area contributed by atoms with E-state index in [1.165, 1.54) is 11.6 Å². The average molecular weight is 429 g/mol. The summed E-state index contributed by atoms with van der Waals surface area (Å²) < 4.78 is 13.9. The Balaban J connectivity index is 1.23. The number of fused-ring (bicyclic) bond motifs is 2. The van der Waals surface area contributed by atoms with Crippen LogP contribution in [0.4, 0.5) is 10.2 Å². The third-order valence-electron chi connectivity index (χ3n) is 7.22. The molecule has 5 nitrogen and oxygen atoms in total. The maximum atomic E-state index is 13.9. The molecule has 1 unspecified atom stereocenters. The van der Waals surface area contributed by atoms with E-state index < -0.39 is 6.04 Å². The molecule has 2 fully saturated rings. The first-order chi connectivity index (χ1) is 15.5. The molecule has 32 heavy (non-hydrogen) atoms. The van der Waals surface area contributed by atoms with Gasteiger partial charge in [0, 0.05) is 23.3 Å². The Morgan fingerprint density at radius 1 is 1.12 bits per heavy atom. The maximum Gasteiger partial charge on any atom is 0.242 e. The molecule has 0 spiro atoms. The maximum absolute atomic E-state index is 13.9. The molecule has 2 aliphatic rings. The standard InChI is InChI=1S/C26H25FN4O/c1-2-15-3-6-24(30-14-15)31-26(32)25(28)19-11-16-9-18(10-17(16)12-19)21-7-8-29-23-5-4-20(27)13-22(21)23/h1,3-8,13-14,16-19,25H,9-12,28H2,(H,30,31,32)/t16-,17+,18-,19+,25?. The molecule has 0 bridgehead atoms. The third kappa shape index (κ3) is 3.85. The van der Waals surface area contributed by atoms with E-state index in [-0.39, 0.29) is 17.6 Å². The normalized spacial score (nSPS) is 25.3. The van der Waals surface area contributed by atoms with Crippen LogP contribution in [0.3, 0.4) is 0 Å². The molecule has 0 radical (unpaired) electrons. The van der Waals surface area contributed by atoms with Crippen molar-refractivity contribution in [2.45, 2.75) is 37.6 Å². The number of hydrogen-bond donors (Lipinski definition) is 2. The summed E-state index contributed by atoms with van der Waals surface area (Å²) in [5.41, 5.74) is 9.03. The SMILES string of the molecule is C#Cc1ccc(NC(=O)C(N)[C@H]2C[C@H]3C[C@@H](c4ccnc5ccc(F)cc45)C[C@H]3C2)nc1. The van der Waals surface area contributed by atoms with Crippen LogP contribution in [0.2, 0.25) is 0 Å². The van der Waals surface area contributed by atoms with E-state index in [1.54, 1.807) is 30.5 Å². The zero-order valence-corrected chi connectivity index (χ0v) is 17.7. The number of pyridine rings is 2. The van der Waals surface area contributed by atoms with Gasteiger partial charge in [-0.2, -0.15) is 0 Å². The van der Waals surface area contributed by atoms with Gasteiger partial charge < -0.3 is 11.1 Å². The van der Waals surface area contributed by atoms with Crippen LogP contribution in [0, 0.1) is 35.9 Å². The van der Waals surface area contributed by atoms with Crippen LogP contribution >= 0.6 is 0 Å². The number of hydrogen-bond acceptors (Lipinski definition) is 4. The van der Waals surface area contributed by atoms with Crippen LogP contribution in [0.5, 0.6) is 0 Å². The highest BCUT2D eigenvalue weighted by atomic mass is 19.1. The van der Waals surface area contributed by atoms with E-state index in [9.17, 15) is 9.18 Å². The van der Waals surface area contributed by atoms with E-state index in [2.05, 4.69) is 21.2 Å². The number of nitrogens with zero attached hydrogens (tertiary/aromatic N) is 2. The fourth-order valence-corrected chi connectivity index (χ4v) is 5.68. The molecule has 5 atom stereocenters. The van der Waals surface area contributed by atoms with E-state index in [0.29, 0.717) is 29.1 Å². The first-order valence-corrected chi connectivity index (χ1v) is 11.0. The van der Waals surface area contributed by atoms with Crippen molar-refractivity contribution in [1.82, 2.24) is 9.97 Å². The lowest BCUT2D eigenvalue weighted by atomic mass is 9.88. The summed E-state index contributed by atoms with van der Waals surface area (Å²) in [6.07, 6.45) is 12.7. The summed E-state index contributed by atoms with van der Waals surface area (Å²) in [5, 5.41) is 3.72. The van der Waals surface area contributed by atoms with Gasteiger partial charge >= 0.3 is 0 Å². The highest BCUT2D eigenvalue weighted by Crippen LogP contribution is 2.53. The van der Waals surface area contributed by atoms with Crippen LogP contribution in [-0.2, 0) is 4.79 Å². The molecule has 1 aromatic carbocycles. The van der Waals surface area contributed by atoms with Gasteiger partial charge in [0.05, 0.1) is 11.6 Å². The van der Waals surface area contributed by atoms with E-state index >= 15 is 0 Å². The molecule has 5 rings (SSSR count). The molecule has 2 heterocycles. The van der Waals surface area contributed by atoms with Crippen LogP contribution < -0.4 is 11.1 Å². The lowest BCUT2D eigenvalue weighted by Gasteiger charge is -2.21. The average Bonchev–Trinajstić information content (AvgIpc) is 3.38. The van der Waals surface area contributed by atoms with Crippen molar-refractivity contribution in [1.29, 1.82) is 0 Å². The van der Waals surface area contributed by atoms with Gasteiger partial charge in [0.15, 0.2) is 0 Å². The molecule has 2 saturated carbocycles. The Kier molecular flexibility index (Phi) is 5.36. The van der Waals surface area contributed by atoms with Crippen molar-refractivity contribution < 1.29 is 9.18 Å². The first-order valence-electron chi connectivity index (χ1n) is 11.0. The Hall–Kier alpha value is -3.30. The summed E-state index contributed by atoms with van der Waals surface area (Å²) in [7, 11) is 0. The van der Waals surface area contributed by atoms with E-state index in [0.717, 1.165) is 36.6 Å². The Morgan fingerprint density at radius 2 is 1.91 bits per heavy atom. The van der Waals surface area contributed by atoms with E-state index in [1.807, 2.05) is 12.3 Å². The molecule has 2 aliphatic carbocycles. The van der Waals surface area contributed by atoms with Crippen LogP contribution in [0.1, 0.15) is 42.7 Å². The predicted molar refractivity (Wildman–Crippen MR) is 122 cm³/mol. The highest BCUT2D eigenvalue weighted by molar-refractivity contribution is 5.94. The number of terminal acetylenes is 1. The minimum absolute atomic E-state index is 0.155. The van der Waals surface area contributed by atoms with Crippen LogP contribution in [-0.4, -0.2) is 21.9 Å². The number of anilines is 1. The fraction of sp³-hybridized carbons (Fsp3) is 0.346. The number of benzene rings is 1. The minimum Gasteiger partial charge on any atom is -0.320 e. The number of rotatable bonds is 4. The Labute approximate surface area is 186 Å². The second kappa shape index (κ2) is 8.33. The number of nitrogens with two attached hydrogens (primary N) is 1. The Morgan fingerprint density at radius 3 is 2.59 bits per heavy atom. The molecule has 0 saturated heterocycles. The molecule has 3 aromatic rings. The molecule has 162 valence electrons. The number of carbonyl (C=O) groups is 1. The van der Waals surface area contributed by atoms with Gasteiger partial charge in [0.1, 0.15) is 11.6 Å². The van der Waals surface area contributed by atoms with Gasteiger partial charge in [0.2, 0.25) is 5.91 Å². The molecular weight excluding hydrogens is 403 g/mol. The van der Waals surface area contributed by atoms with Crippen molar-refractivity contribution in [3.8, 4) is 12.3 Å². The number of halogens is 1. The van der Waals surface area contributed by atoms with Gasteiger partial charge in [0.25, 0.3) is 0 Å². The molecule has 6 heteroatoms. The fourth-order valence-electron chi connectivity index (χ4n) is 5.68. The second-order valence-corrected chi connectivity index (χ2v) is 9.07. The number of aromatic nitrogens is 2.